The molecule has 1 aromatic carbocycles. The van der Waals surface area contributed by atoms with Crippen LogP contribution in [0.4, 0.5) is 4.39 Å². The number of benzene rings is 1. The molecule has 3 N–H and O–H groups in total. The van der Waals surface area contributed by atoms with E-state index in [1.54, 1.807) is 12.1 Å². The van der Waals surface area contributed by atoms with Gasteiger partial charge in [0, 0.05) is 5.56 Å². The van der Waals surface area contributed by atoms with Crippen LogP contribution in [-0.4, -0.2) is 9.97 Å². The number of rotatable bonds is 2. The SMILES string of the molecule is NCc1nc(-c2cccc(F)c2)c(Cl)[nH]1. The predicted molar refractivity (Wildman–Crippen MR) is 56.9 cm³/mol. The molecule has 3 nitrogen and oxygen atoms in total. The average Bonchev–Trinajstić information content (AvgIpc) is 2.60. The number of hydrogen-bond donors (Lipinski definition) is 2. The van der Waals surface area contributed by atoms with Gasteiger partial charge in [-0.3, -0.25) is 0 Å². The molecular formula is C10H9ClFN3. The van der Waals surface area contributed by atoms with Gasteiger partial charge in [0.25, 0.3) is 0 Å². The van der Waals surface area contributed by atoms with E-state index in [0.717, 1.165) is 0 Å². The zero-order valence-corrected chi connectivity index (χ0v) is 8.55. The minimum absolute atomic E-state index is 0.273. The Kier molecular flexibility index (Phi) is 2.70. The molecule has 0 bridgehead atoms. The van der Waals surface area contributed by atoms with Crippen LogP contribution in [0.5, 0.6) is 0 Å². The molecule has 0 aliphatic carbocycles. The lowest BCUT2D eigenvalue weighted by atomic mass is 10.2. The Labute approximate surface area is 91.1 Å². The fourth-order valence-corrected chi connectivity index (χ4v) is 1.58. The summed E-state index contributed by atoms with van der Waals surface area (Å²) in [6, 6.07) is 6.10. The molecule has 0 aliphatic heterocycles. The van der Waals surface area contributed by atoms with Gasteiger partial charge in [-0.1, -0.05) is 23.7 Å². The molecule has 0 unspecified atom stereocenters. The summed E-state index contributed by atoms with van der Waals surface area (Å²) in [7, 11) is 0. The van der Waals surface area contributed by atoms with Crippen molar-refractivity contribution in [2.45, 2.75) is 6.54 Å². The van der Waals surface area contributed by atoms with Crippen LogP contribution in [0.2, 0.25) is 5.15 Å². The highest BCUT2D eigenvalue weighted by Crippen LogP contribution is 2.25. The van der Waals surface area contributed by atoms with Crippen LogP contribution in [0.3, 0.4) is 0 Å². The van der Waals surface area contributed by atoms with Crippen molar-refractivity contribution in [3.8, 4) is 11.3 Å². The third-order valence-corrected chi connectivity index (χ3v) is 2.27. The largest absolute Gasteiger partial charge is 0.331 e. The first kappa shape index (κ1) is 10.1. The van der Waals surface area contributed by atoms with Crippen LogP contribution in [0, 0.1) is 5.82 Å². The van der Waals surface area contributed by atoms with Gasteiger partial charge in [-0.05, 0) is 12.1 Å². The number of nitrogens with two attached hydrogens (primary N) is 1. The molecule has 0 atom stereocenters. The van der Waals surface area contributed by atoms with Gasteiger partial charge in [-0.15, -0.1) is 0 Å². The molecular weight excluding hydrogens is 217 g/mol. The summed E-state index contributed by atoms with van der Waals surface area (Å²) in [6.45, 7) is 0.273. The highest BCUT2D eigenvalue weighted by atomic mass is 35.5. The molecule has 1 heterocycles. The number of aromatic nitrogens is 2. The Morgan fingerprint density at radius 2 is 2.27 bits per heavy atom. The van der Waals surface area contributed by atoms with Crippen molar-refractivity contribution in [3.05, 3.63) is 41.1 Å². The molecule has 0 amide bonds. The fourth-order valence-electron chi connectivity index (χ4n) is 1.32. The van der Waals surface area contributed by atoms with Crippen molar-refractivity contribution in [3.63, 3.8) is 0 Å². The maximum absolute atomic E-state index is 13.0. The molecule has 2 rings (SSSR count). The number of nitrogens with one attached hydrogen (secondary N) is 1. The molecule has 0 aliphatic rings. The summed E-state index contributed by atoms with van der Waals surface area (Å²) in [4.78, 5) is 6.98. The van der Waals surface area contributed by atoms with Crippen molar-refractivity contribution >= 4 is 11.6 Å². The van der Waals surface area contributed by atoms with Crippen LogP contribution < -0.4 is 5.73 Å². The summed E-state index contributed by atoms with van der Waals surface area (Å²) in [5.74, 6) is 0.264. The van der Waals surface area contributed by atoms with Crippen molar-refractivity contribution in [2.75, 3.05) is 0 Å². The predicted octanol–water partition coefficient (Wildman–Crippen LogP) is 2.33. The van der Waals surface area contributed by atoms with Crippen molar-refractivity contribution < 1.29 is 4.39 Å². The number of hydrogen-bond acceptors (Lipinski definition) is 2. The van der Waals surface area contributed by atoms with E-state index in [2.05, 4.69) is 9.97 Å². The molecule has 0 fully saturated rings. The topological polar surface area (TPSA) is 54.7 Å². The van der Waals surface area contributed by atoms with E-state index < -0.39 is 0 Å². The van der Waals surface area contributed by atoms with Gasteiger partial charge in [0.15, 0.2) is 0 Å². The Morgan fingerprint density at radius 1 is 1.47 bits per heavy atom. The standard InChI is InChI=1S/C10H9ClFN3/c11-10-9(14-8(5-13)15-10)6-2-1-3-7(12)4-6/h1-4H,5,13H2,(H,14,15). The molecule has 0 saturated carbocycles. The summed E-state index contributed by atoms with van der Waals surface area (Å²) in [5.41, 5.74) is 6.57. The Bertz CT molecular complexity index is 481. The number of H-pyrrole nitrogens is 1. The van der Waals surface area contributed by atoms with Gasteiger partial charge in [-0.2, -0.15) is 0 Å². The smallest absolute Gasteiger partial charge is 0.134 e. The monoisotopic (exact) mass is 225 g/mol. The summed E-state index contributed by atoms with van der Waals surface area (Å²) < 4.78 is 13.0. The summed E-state index contributed by atoms with van der Waals surface area (Å²) in [5, 5.41) is 0.376. The van der Waals surface area contributed by atoms with Crippen LogP contribution in [0.1, 0.15) is 5.82 Å². The number of aromatic amines is 1. The van der Waals surface area contributed by atoms with Crippen LogP contribution >= 0.6 is 11.6 Å². The lowest BCUT2D eigenvalue weighted by Gasteiger charge is -1.96. The second-order valence-corrected chi connectivity index (χ2v) is 3.44. The van der Waals surface area contributed by atoms with Gasteiger partial charge in [0.05, 0.1) is 6.54 Å². The van der Waals surface area contributed by atoms with Gasteiger partial charge >= 0.3 is 0 Å². The van der Waals surface area contributed by atoms with E-state index in [1.807, 2.05) is 0 Å². The van der Waals surface area contributed by atoms with E-state index in [1.165, 1.54) is 12.1 Å². The molecule has 5 heteroatoms. The average molecular weight is 226 g/mol. The highest BCUT2D eigenvalue weighted by molar-refractivity contribution is 6.31. The minimum atomic E-state index is -0.319. The number of halogens is 2. The molecule has 15 heavy (non-hydrogen) atoms. The molecule has 0 radical (unpaired) electrons. The maximum atomic E-state index is 13.0. The summed E-state index contributed by atoms with van der Waals surface area (Å²) >= 11 is 5.91. The lowest BCUT2D eigenvalue weighted by Crippen LogP contribution is -1.97. The molecule has 78 valence electrons. The van der Waals surface area contributed by atoms with Crippen LogP contribution in [0.25, 0.3) is 11.3 Å². The Balaban J connectivity index is 2.48. The molecule has 1 aromatic heterocycles. The van der Waals surface area contributed by atoms with Crippen molar-refractivity contribution in [2.24, 2.45) is 5.73 Å². The van der Waals surface area contributed by atoms with Crippen LogP contribution in [-0.2, 0) is 6.54 Å². The fraction of sp³-hybridized carbons (Fsp3) is 0.100. The van der Waals surface area contributed by atoms with E-state index in [4.69, 9.17) is 17.3 Å². The quantitative estimate of drug-likeness (QED) is 0.824. The van der Waals surface area contributed by atoms with E-state index >= 15 is 0 Å². The first-order chi connectivity index (χ1) is 7.20. The van der Waals surface area contributed by atoms with Gasteiger partial charge in [-0.25, -0.2) is 9.37 Å². The molecule has 0 saturated heterocycles. The Hall–Kier alpha value is -1.39. The second kappa shape index (κ2) is 4.00. The third-order valence-electron chi connectivity index (χ3n) is 2.00. The van der Waals surface area contributed by atoms with E-state index in [0.29, 0.717) is 22.2 Å². The van der Waals surface area contributed by atoms with Crippen molar-refractivity contribution in [1.82, 2.24) is 9.97 Å². The maximum Gasteiger partial charge on any atom is 0.134 e. The first-order valence-corrected chi connectivity index (χ1v) is 4.79. The Morgan fingerprint density at radius 3 is 2.87 bits per heavy atom. The van der Waals surface area contributed by atoms with E-state index in [9.17, 15) is 4.39 Å². The normalized spacial score (nSPS) is 10.6. The molecule has 0 spiro atoms. The second-order valence-electron chi connectivity index (χ2n) is 3.06. The first-order valence-electron chi connectivity index (χ1n) is 4.41. The highest BCUT2D eigenvalue weighted by Gasteiger charge is 2.09. The van der Waals surface area contributed by atoms with Crippen molar-refractivity contribution in [1.29, 1.82) is 0 Å². The minimum Gasteiger partial charge on any atom is -0.331 e. The van der Waals surface area contributed by atoms with Gasteiger partial charge in [0.2, 0.25) is 0 Å². The zero-order chi connectivity index (χ0) is 10.8. The van der Waals surface area contributed by atoms with Gasteiger partial charge < -0.3 is 10.7 Å². The van der Waals surface area contributed by atoms with E-state index in [-0.39, 0.29) is 12.4 Å². The lowest BCUT2D eigenvalue weighted by molar-refractivity contribution is 0.628. The zero-order valence-electron chi connectivity index (χ0n) is 7.80. The molecule has 2 aromatic rings. The number of nitrogens with zero attached hydrogens (tertiary/aromatic N) is 1. The summed E-state index contributed by atoms with van der Waals surface area (Å²) in [6.07, 6.45) is 0. The number of imidazole rings is 1. The van der Waals surface area contributed by atoms with Gasteiger partial charge in [0.1, 0.15) is 22.5 Å². The van der Waals surface area contributed by atoms with Crippen LogP contribution in [0.15, 0.2) is 24.3 Å². The third kappa shape index (κ3) is 2.00.